The third kappa shape index (κ3) is 3.26. The molecule has 20 heavy (non-hydrogen) atoms. The number of nitro groups is 2. The maximum atomic E-state index is 11.3. The topological polar surface area (TPSA) is 150 Å². The minimum absolute atomic E-state index is 0.0660. The minimum atomic E-state index is -1.22. The molecule has 0 atom stereocenters. The minimum Gasteiger partial charge on any atom is -0.396 e. The first kappa shape index (κ1) is 15.5. The Balaban J connectivity index is 3.40. The van der Waals surface area contributed by atoms with Crippen LogP contribution in [0.4, 0.5) is 11.4 Å². The number of rotatable bonds is 7. The van der Waals surface area contributed by atoms with Gasteiger partial charge in [-0.15, -0.1) is 0 Å². The van der Waals surface area contributed by atoms with E-state index in [1.54, 1.807) is 0 Å². The summed E-state index contributed by atoms with van der Waals surface area (Å²) in [4.78, 5) is 31.5. The van der Waals surface area contributed by atoms with Crippen molar-refractivity contribution in [1.82, 2.24) is 0 Å². The number of aliphatic hydroxyl groups excluding tert-OH is 1. The molecule has 0 saturated heterocycles. The lowest BCUT2D eigenvalue weighted by Crippen LogP contribution is -2.17. The maximum Gasteiger partial charge on any atom is 0.292 e. The summed E-state index contributed by atoms with van der Waals surface area (Å²) < 4.78 is 0. The molecule has 1 aromatic rings. The van der Waals surface area contributed by atoms with Gasteiger partial charge in [0.05, 0.1) is 9.85 Å². The van der Waals surface area contributed by atoms with Crippen molar-refractivity contribution in [3.8, 4) is 0 Å². The van der Waals surface area contributed by atoms with Crippen LogP contribution in [0.5, 0.6) is 0 Å². The largest absolute Gasteiger partial charge is 0.396 e. The fraction of sp³-hybridized carbons (Fsp3) is 0.364. The second kappa shape index (κ2) is 6.57. The van der Waals surface area contributed by atoms with Gasteiger partial charge in [0.25, 0.3) is 17.3 Å². The summed E-state index contributed by atoms with van der Waals surface area (Å²) in [5.74, 6) is -1.22. The number of carbonyl (C=O) groups is 1. The Morgan fingerprint density at radius 3 is 2.30 bits per heavy atom. The first-order chi connectivity index (χ1) is 9.40. The van der Waals surface area contributed by atoms with E-state index in [1.165, 1.54) is 6.07 Å². The standard InChI is InChI=1S/C11H13N3O6/c12-11(16)9-8(13(17)18)5-4-7(3-1-2-6-15)10(9)14(19)20/h4-5,15H,1-3,6H2,(H2,12,16). The Kier molecular flexibility index (Phi) is 5.09. The van der Waals surface area contributed by atoms with E-state index in [0.29, 0.717) is 12.8 Å². The third-order valence-corrected chi connectivity index (χ3v) is 2.72. The average molecular weight is 283 g/mol. The molecule has 0 bridgehead atoms. The van der Waals surface area contributed by atoms with Gasteiger partial charge in [-0.1, -0.05) is 0 Å². The number of aliphatic hydroxyl groups is 1. The number of nitrogens with zero attached hydrogens (tertiary/aromatic N) is 2. The second-order valence-corrected chi connectivity index (χ2v) is 4.03. The number of amides is 1. The van der Waals surface area contributed by atoms with Crippen molar-refractivity contribution in [2.24, 2.45) is 5.73 Å². The highest BCUT2D eigenvalue weighted by Gasteiger charge is 2.32. The fourth-order valence-corrected chi connectivity index (χ4v) is 1.86. The summed E-state index contributed by atoms with van der Waals surface area (Å²) in [7, 11) is 0. The van der Waals surface area contributed by atoms with Crippen molar-refractivity contribution in [2.75, 3.05) is 6.61 Å². The van der Waals surface area contributed by atoms with E-state index in [9.17, 15) is 25.0 Å². The molecule has 0 saturated carbocycles. The van der Waals surface area contributed by atoms with E-state index in [0.717, 1.165) is 6.07 Å². The van der Waals surface area contributed by atoms with Crippen LogP contribution in [0.3, 0.4) is 0 Å². The predicted molar refractivity (Wildman–Crippen MR) is 68.3 cm³/mol. The summed E-state index contributed by atoms with van der Waals surface area (Å²) in [6.45, 7) is -0.0660. The van der Waals surface area contributed by atoms with Gasteiger partial charge in [-0.3, -0.25) is 25.0 Å². The van der Waals surface area contributed by atoms with Gasteiger partial charge in [-0.05, 0) is 25.3 Å². The van der Waals surface area contributed by atoms with Gasteiger partial charge in [-0.2, -0.15) is 0 Å². The molecule has 0 aromatic heterocycles. The second-order valence-electron chi connectivity index (χ2n) is 4.03. The fourth-order valence-electron chi connectivity index (χ4n) is 1.86. The van der Waals surface area contributed by atoms with Crippen molar-refractivity contribution < 1.29 is 19.7 Å². The quantitative estimate of drug-likeness (QED) is 0.431. The Morgan fingerprint density at radius 1 is 1.20 bits per heavy atom. The van der Waals surface area contributed by atoms with Crippen LogP contribution in [0.25, 0.3) is 0 Å². The van der Waals surface area contributed by atoms with Gasteiger partial charge in [-0.25, -0.2) is 0 Å². The first-order valence-electron chi connectivity index (χ1n) is 5.75. The smallest absolute Gasteiger partial charge is 0.292 e. The normalized spacial score (nSPS) is 10.2. The van der Waals surface area contributed by atoms with Crippen molar-refractivity contribution in [1.29, 1.82) is 0 Å². The molecule has 1 rings (SSSR count). The zero-order valence-corrected chi connectivity index (χ0v) is 10.4. The summed E-state index contributed by atoms with van der Waals surface area (Å²) in [5.41, 5.74) is 3.20. The van der Waals surface area contributed by atoms with Crippen LogP contribution in [0.1, 0.15) is 28.8 Å². The lowest BCUT2D eigenvalue weighted by molar-refractivity contribution is -0.395. The van der Waals surface area contributed by atoms with Crippen molar-refractivity contribution in [3.05, 3.63) is 43.5 Å². The molecule has 9 nitrogen and oxygen atoms in total. The van der Waals surface area contributed by atoms with Gasteiger partial charge in [0.15, 0.2) is 5.56 Å². The van der Waals surface area contributed by atoms with Crippen LogP contribution in [-0.2, 0) is 6.42 Å². The monoisotopic (exact) mass is 283 g/mol. The van der Waals surface area contributed by atoms with E-state index < -0.39 is 32.7 Å². The molecule has 3 N–H and O–H groups in total. The molecular formula is C11H13N3O6. The molecule has 0 radical (unpaired) electrons. The Hall–Kier alpha value is -2.55. The molecule has 0 spiro atoms. The first-order valence-corrected chi connectivity index (χ1v) is 5.75. The van der Waals surface area contributed by atoms with Crippen molar-refractivity contribution >= 4 is 17.3 Å². The molecular weight excluding hydrogens is 270 g/mol. The van der Waals surface area contributed by atoms with Crippen molar-refractivity contribution in [2.45, 2.75) is 19.3 Å². The molecule has 0 heterocycles. The maximum absolute atomic E-state index is 11.3. The Bertz CT molecular complexity index is 557. The van der Waals surface area contributed by atoms with Crippen LogP contribution in [0, 0.1) is 20.2 Å². The number of hydrogen-bond donors (Lipinski definition) is 2. The highest BCUT2D eigenvalue weighted by molar-refractivity contribution is 6.01. The molecule has 0 fully saturated rings. The van der Waals surface area contributed by atoms with Crippen LogP contribution in [-0.4, -0.2) is 27.5 Å². The van der Waals surface area contributed by atoms with Crippen LogP contribution in [0.15, 0.2) is 12.1 Å². The number of nitro benzene ring substituents is 2. The predicted octanol–water partition coefficient (Wildman–Crippen LogP) is 0.917. The summed E-state index contributed by atoms with van der Waals surface area (Å²) in [5, 5.41) is 30.6. The van der Waals surface area contributed by atoms with E-state index in [2.05, 4.69) is 0 Å². The van der Waals surface area contributed by atoms with Gasteiger partial charge in [0, 0.05) is 18.2 Å². The summed E-state index contributed by atoms with van der Waals surface area (Å²) in [6.07, 6.45) is 1.10. The van der Waals surface area contributed by atoms with Crippen LogP contribution in [0.2, 0.25) is 0 Å². The summed E-state index contributed by atoms with van der Waals surface area (Å²) >= 11 is 0. The van der Waals surface area contributed by atoms with Crippen molar-refractivity contribution in [3.63, 3.8) is 0 Å². The van der Waals surface area contributed by atoms with Crippen LogP contribution >= 0.6 is 0 Å². The van der Waals surface area contributed by atoms with Gasteiger partial charge < -0.3 is 10.8 Å². The number of primary amides is 1. The van der Waals surface area contributed by atoms with E-state index in [-0.39, 0.29) is 18.6 Å². The molecule has 0 unspecified atom stereocenters. The lowest BCUT2D eigenvalue weighted by atomic mass is 10.00. The number of hydrogen-bond acceptors (Lipinski definition) is 6. The molecule has 1 aromatic carbocycles. The summed E-state index contributed by atoms with van der Waals surface area (Å²) in [6, 6.07) is 2.27. The van der Waals surface area contributed by atoms with E-state index in [1.807, 2.05) is 0 Å². The average Bonchev–Trinajstić information content (AvgIpc) is 2.37. The SMILES string of the molecule is NC(=O)c1c([N+](=O)[O-])ccc(CCCCO)c1[N+](=O)[O-]. The van der Waals surface area contributed by atoms with Gasteiger partial charge in [0.1, 0.15) is 0 Å². The van der Waals surface area contributed by atoms with Gasteiger partial charge in [0.2, 0.25) is 0 Å². The zero-order valence-electron chi connectivity index (χ0n) is 10.4. The van der Waals surface area contributed by atoms with Gasteiger partial charge >= 0.3 is 0 Å². The Labute approximate surface area is 113 Å². The number of carbonyl (C=O) groups excluding carboxylic acids is 1. The number of unbranched alkanes of at least 4 members (excludes halogenated alkanes) is 1. The molecule has 0 aliphatic carbocycles. The number of benzene rings is 1. The Morgan fingerprint density at radius 2 is 1.85 bits per heavy atom. The van der Waals surface area contributed by atoms with E-state index in [4.69, 9.17) is 10.8 Å². The van der Waals surface area contributed by atoms with Crippen LogP contribution < -0.4 is 5.73 Å². The highest BCUT2D eigenvalue weighted by atomic mass is 16.6. The molecule has 108 valence electrons. The molecule has 0 aliphatic heterocycles. The third-order valence-electron chi connectivity index (χ3n) is 2.72. The number of aryl methyl sites for hydroxylation is 1. The molecule has 1 amide bonds. The lowest BCUT2D eigenvalue weighted by Gasteiger charge is -2.06. The number of nitrogens with two attached hydrogens (primary N) is 1. The van der Waals surface area contributed by atoms with E-state index >= 15 is 0 Å². The molecule has 0 aliphatic rings. The highest BCUT2D eigenvalue weighted by Crippen LogP contribution is 2.32. The zero-order chi connectivity index (χ0) is 15.3. The molecule has 9 heteroatoms.